The van der Waals surface area contributed by atoms with Crippen LogP contribution in [-0.4, -0.2) is 38.7 Å². The van der Waals surface area contributed by atoms with Crippen LogP contribution in [0.25, 0.3) is 0 Å². The van der Waals surface area contributed by atoms with Crippen LogP contribution in [0, 0.1) is 12.8 Å². The molecule has 0 spiro atoms. The predicted octanol–water partition coefficient (Wildman–Crippen LogP) is 1.98. The van der Waals surface area contributed by atoms with Crippen LogP contribution < -0.4 is 4.72 Å². The van der Waals surface area contributed by atoms with Crippen molar-refractivity contribution < 1.29 is 8.42 Å². The molecule has 2 rings (SSSR count). The van der Waals surface area contributed by atoms with Crippen LogP contribution in [0.4, 0.5) is 0 Å². The van der Waals surface area contributed by atoms with E-state index in [9.17, 15) is 8.42 Å². The highest BCUT2D eigenvalue weighted by molar-refractivity contribution is 7.90. The lowest BCUT2D eigenvalue weighted by Crippen LogP contribution is -2.41. The molecule has 0 fully saturated rings. The molecule has 0 saturated heterocycles. The van der Waals surface area contributed by atoms with E-state index in [4.69, 9.17) is 0 Å². The zero-order chi connectivity index (χ0) is 16.2. The first-order valence-electron chi connectivity index (χ1n) is 7.41. The molecule has 0 saturated carbocycles. The first-order chi connectivity index (χ1) is 10.5. The van der Waals surface area contributed by atoms with Gasteiger partial charge < -0.3 is 0 Å². The minimum Gasteiger partial charge on any atom is -0.251 e. The summed E-state index contributed by atoms with van der Waals surface area (Å²) in [5.41, 5.74) is 0.891. The summed E-state index contributed by atoms with van der Waals surface area (Å²) in [6, 6.07) is 6.79. The lowest BCUT2D eigenvalue weighted by atomic mass is 10.1. The van der Waals surface area contributed by atoms with Crippen molar-refractivity contribution in [2.45, 2.75) is 32.1 Å². The van der Waals surface area contributed by atoms with Gasteiger partial charge in [0.2, 0.25) is 5.96 Å². The van der Waals surface area contributed by atoms with Gasteiger partial charge in [0.25, 0.3) is 10.0 Å². The number of nitrogens with one attached hydrogen (secondary N) is 1. The number of sulfonamides is 1. The van der Waals surface area contributed by atoms with E-state index < -0.39 is 10.0 Å². The molecule has 22 heavy (non-hydrogen) atoms. The maximum absolute atomic E-state index is 12.5. The number of hydrazone groups is 1. The molecule has 1 aliphatic rings. The predicted molar refractivity (Wildman–Crippen MR) is 88.5 cm³/mol. The van der Waals surface area contributed by atoms with Gasteiger partial charge in [-0.2, -0.15) is 5.10 Å². The Labute approximate surface area is 132 Å². The second-order valence-corrected chi connectivity index (χ2v) is 6.92. The summed E-state index contributed by atoms with van der Waals surface area (Å²) in [7, 11) is -3.66. The molecular weight excluding hydrogens is 300 g/mol. The number of aryl methyl sites for hydroxylation is 1. The molecule has 1 aromatic rings. The van der Waals surface area contributed by atoms with E-state index in [2.05, 4.69) is 21.7 Å². The summed E-state index contributed by atoms with van der Waals surface area (Å²) in [5.74, 6) is 0.599. The number of rotatable bonds is 4. The normalized spacial score (nSPS) is 18.8. The fourth-order valence-electron chi connectivity index (χ4n) is 2.14. The summed E-state index contributed by atoms with van der Waals surface area (Å²) in [6.07, 6.45) is 2.80. The Morgan fingerprint density at radius 1 is 1.45 bits per heavy atom. The molecule has 1 N–H and O–H groups in total. The van der Waals surface area contributed by atoms with Crippen LogP contribution in [0.2, 0.25) is 0 Å². The standard InChI is InChI=1S/C15H22N4O2S/c1-4-13-10-17-19(11-13)15(16-5-2)18-22(20,21)14-8-6-7-12(3)9-14/h6-10,13H,4-5,11H2,1-3H3,(H,16,18). The van der Waals surface area contributed by atoms with E-state index >= 15 is 0 Å². The number of aliphatic imine (C=N–C) groups is 1. The van der Waals surface area contributed by atoms with Crippen LogP contribution in [0.3, 0.4) is 0 Å². The number of benzene rings is 1. The maximum Gasteiger partial charge on any atom is 0.264 e. The highest BCUT2D eigenvalue weighted by Gasteiger charge is 2.24. The van der Waals surface area contributed by atoms with Gasteiger partial charge in [0.15, 0.2) is 0 Å². The van der Waals surface area contributed by atoms with E-state index in [0.717, 1.165) is 12.0 Å². The van der Waals surface area contributed by atoms with E-state index in [1.165, 1.54) is 0 Å². The lowest BCUT2D eigenvalue weighted by Gasteiger charge is -2.19. The van der Waals surface area contributed by atoms with Gasteiger partial charge in [-0.15, -0.1) is 0 Å². The topological polar surface area (TPSA) is 74.1 Å². The molecule has 0 amide bonds. The highest BCUT2D eigenvalue weighted by Crippen LogP contribution is 2.14. The van der Waals surface area contributed by atoms with E-state index in [-0.39, 0.29) is 10.9 Å². The van der Waals surface area contributed by atoms with Crippen LogP contribution in [0.15, 0.2) is 39.3 Å². The van der Waals surface area contributed by atoms with Crippen LogP contribution in [-0.2, 0) is 10.0 Å². The Morgan fingerprint density at radius 3 is 2.82 bits per heavy atom. The Kier molecular flexibility index (Phi) is 5.18. The van der Waals surface area contributed by atoms with Gasteiger partial charge in [-0.3, -0.25) is 4.99 Å². The van der Waals surface area contributed by atoms with Crippen molar-refractivity contribution in [2.75, 3.05) is 13.1 Å². The van der Waals surface area contributed by atoms with Gasteiger partial charge in [0.05, 0.1) is 11.4 Å². The molecule has 7 heteroatoms. The van der Waals surface area contributed by atoms with Gasteiger partial charge in [0, 0.05) is 18.7 Å². The molecule has 1 aromatic carbocycles. The van der Waals surface area contributed by atoms with Crippen molar-refractivity contribution in [3.63, 3.8) is 0 Å². The third-order valence-corrected chi connectivity index (χ3v) is 4.75. The van der Waals surface area contributed by atoms with Crippen molar-refractivity contribution in [3.05, 3.63) is 29.8 Å². The summed E-state index contributed by atoms with van der Waals surface area (Å²) < 4.78 is 27.6. The minimum absolute atomic E-state index is 0.228. The van der Waals surface area contributed by atoms with Crippen molar-refractivity contribution >= 4 is 22.2 Å². The van der Waals surface area contributed by atoms with Crippen molar-refractivity contribution in [2.24, 2.45) is 16.0 Å². The molecule has 1 aliphatic heterocycles. The average molecular weight is 322 g/mol. The van der Waals surface area contributed by atoms with E-state index in [1.807, 2.05) is 26.1 Å². The van der Waals surface area contributed by atoms with Gasteiger partial charge in [0.1, 0.15) is 0 Å². The first kappa shape index (κ1) is 16.5. The van der Waals surface area contributed by atoms with Crippen LogP contribution in [0.1, 0.15) is 25.8 Å². The average Bonchev–Trinajstić information content (AvgIpc) is 2.95. The Balaban J connectivity index is 2.21. The zero-order valence-electron chi connectivity index (χ0n) is 13.2. The van der Waals surface area contributed by atoms with E-state index in [0.29, 0.717) is 19.0 Å². The van der Waals surface area contributed by atoms with Gasteiger partial charge >= 0.3 is 0 Å². The van der Waals surface area contributed by atoms with Crippen molar-refractivity contribution in [3.8, 4) is 0 Å². The summed E-state index contributed by atoms with van der Waals surface area (Å²) in [5, 5.41) is 5.87. The summed E-state index contributed by atoms with van der Waals surface area (Å²) >= 11 is 0. The Bertz CT molecular complexity index is 683. The number of hydrogen-bond donors (Lipinski definition) is 1. The lowest BCUT2D eigenvalue weighted by molar-refractivity contribution is 0.429. The zero-order valence-corrected chi connectivity index (χ0v) is 14.0. The van der Waals surface area contributed by atoms with Crippen LogP contribution >= 0.6 is 0 Å². The van der Waals surface area contributed by atoms with Gasteiger partial charge in [-0.1, -0.05) is 19.1 Å². The number of guanidine groups is 1. The molecule has 1 heterocycles. The van der Waals surface area contributed by atoms with E-state index in [1.54, 1.807) is 23.2 Å². The summed E-state index contributed by atoms with van der Waals surface area (Å²) in [6.45, 7) is 6.92. The molecule has 0 aliphatic carbocycles. The van der Waals surface area contributed by atoms with Crippen molar-refractivity contribution in [1.29, 1.82) is 0 Å². The van der Waals surface area contributed by atoms with Gasteiger partial charge in [-0.25, -0.2) is 18.1 Å². The Morgan fingerprint density at radius 2 is 2.23 bits per heavy atom. The maximum atomic E-state index is 12.5. The van der Waals surface area contributed by atoms with Crippen molar-refractivity contribution in [1.82, 2.24) is 9.73 Å². The second kappa shape index (κ2) is 6.91. The Hall–Kier alpha value is -1.89. The molecule has 1 unspecified atom stereocenters. The first-order valence-corrected chi connectivity index (χ1v) is 8.90. The molecular formula is C15H22N4O2S. The SMILES string of the molecule is CCN=C(NS(=O)(=O)c1cccc(C)c1)N1CC(CC)C=N1. The second-order valence-electron chi connectivity index (χ2n) is 5.23. The highest BCUT2D eigenvalue weighted by atomic mass is 32.2. The number of nitrogens with zero attached hydrogens (tertiary/aromatic N) is 3. The monoisotopic (exact) mass is 322 g/mol. The van der Waals surface area contributed by atoms with Crippen LogP contribution in [0.5, 0.6) is 0 Å². The van der Waals surface area contributed by atoms with Gasteiger partial charge in [-0.05, 0) is 38.0 Å². The molecule has 6 nitrogen and oxygen atoms in total. The molecule has 0 bridgehead atoms. The number of hydrogen-bond acceptors (Lipinski definition) is 4. The molecule has 120 valence electrons. The largest absolute Gasteiger partial charge is 0.264 e. The molecule has 1 atom stereocenters. The summed E-state index contributed by atoms with van der Waals surface area (Å²) in [4.78, 5) is 4.47. The fourth-order valence-corrected chi connectivity index (χ4v) is 3.27. The molecule has 0 aromatic heterocycles. The molecule has 0 radical (unpaired) electrons. The third-order valence-electron chi connectivity index (χ3n) is 3.43. The minimum atomic E-state index is -3.66. The quantitative estimate of drug-likeness (QED) is 0.680. The smallest absolute Gasteiger partial charge is 0.251 e. The third kappa shape index (κ3) is 3.85. The fraction of sp³-hybridized carbons (Fsp3) is 0.467.